The van der Waals surface area contributed by atoms with Gasteiger partial charge in [0, 0.05) is 16.5 Å². The molecule has 1 aromatic heterocycles. The molecule has 0 bridgehead atoms. The number of rotatable bonds is 4. The maximum absolute atomic E-state index is 11.8. The fourth-order valence-electron chi connectivity index (χ4n) is 1.72. The van der Waals surface area contributed by atoms with E-state index in [9.17, 15) is 4.79 Å². The molecule has 0 saturated heterocycles. The molecule has 4 nitrogen and oxygen atoms in total. The molecule has 0 unspecified atom stereocenters. The van der Waals surface area contributed by atoms with Crippen LogP contribution in [-0.2, 0) is 10.1 Å². The lowest BCUT2D eigenvalue weighted by Crippen LogP contribution is -2.07. The van der Waals surface area contributed by atoms with E-state index in [1.54, 1.807) is 6.92 Å². The number of halogens is 1. The molecule has 1 aromatic carbocycles. The van der Waals surface area contributed by atoms with Crippen molar-refractivity contribution in [1.29, 1.82) is 0 Å². The highest BCUT2D eigenvalue weighted by atomic mass is 79.9. The predicted molar refractivity (Wildman–Crippen MR) is 75.3 cm³/mol. The molecule has 0 radical (unpaired) electrons. The number of hydrogen-bond acceptors (Lipinski definition) is 4. The summed E-state index contributed by atoms with van der Waals surface area (Å²) in [7, 11) is 0. The van der Waals surface area contributed by atoms with Crippen LogP contribution in [0.5, 0.6) is 0 Å². The molecular formula is C14H14BrNO3. The average molecular weight is 324 g/mol. The van der Waals surface area contributed by atoms with Gasteiger partial charge in [-0.2, -0.15) is 0 Å². The highest BCUT2D eigenvalue weighted by Crippen LogP contribution is 2.28. The van der Waals surface area contributed by atoms with E-state index in [-0.39, 0.29) is 5.69 Å². The summed E-state index contributed by atoms with van der Waals surface area (Å²) in [5, 5.41) is 4.30. The number of esters is 1. The van der Waals surface area contributed by atoms with E-state index >= 15 is 0 Å². The van der Waals surface area contributed by atoms with Crippen LogP contribution in [0.4, 0.5) is 0 Å². The predicted octanol–water partition coefficient (Wildman–Crippen LogP) is 3.72. The quantitative estimate of drug-likeness (QED) is 0.635. The van der Waals surface area contributed by atoms with Crippen molar-refractivity contribution in [2.75, 3.05) is 6.61 Å². The van der Waals surface area contributed by atoms with Crippen molar-refractivity contribution in [2.24, 2.45) is 0 Å². The van der Waals surface area contributed by atoms with Crippen LogP contribution < -0.4 is 0 Å². The molecule has 100 valence electrons. The van der Waals surface area contributed by atoms with Crippen LogP contribution >= 0.6 is 15.9 Å². The van der Waals surface area contributed by atoms with Crippen molar-refractivity contribution < 1.29 is 14.1 Å². The summed E-state index contributed by atoms with van der Waals surface area (Å²) < 4.78 is 10.3. The average Bonchev–Trinajstić information content (AvgIpc) is 2.83. The van der Waals surface area contributed by atoms with Crippen molar-refractivity contribution in [3.63, 3.8) is 0 Å². The van der Waals surface area contributed by atoms with Crippen molar-refractivity contribution in [3.8, 4) is 11.3 Å². The summed E-state index contributed by atoms with van der Waals surface area (Å²) in [4.78, 5) is 11.8. The lowest BCUT2D eigenvalue weighted by Gasteiger charge is -2.01. The van der Waals surface area contributed by atoms with Crippen LogP contribution in [0.25, 0.3) is 11.3 Å². The second kappa shape index (κ2) is 6.02. The fraction of sp³-hybridized carbons (Fsp3) is 0.286. The standard InChI is InChI=1S/C14H14BrNO3/c1-3-18-14(17)12-11(8-15)13(19-16-12)10-6-4-9(2)5-7-10/h4-7H,3,8H2,1-2H3. The molecular weight excluding hydrogens is 310 g/mol. The molecule has 0 fully saturated rings. The lowest BCUT2D eigenvalue weighted by molar-refractivity contribution is 0.0514. The van der Waals surface area contributed by atoms with Gasteiger partial charge in [0.25, 0.3) is 0 Å². The van der Waals surface area contributed by atoms with Crippen LogP contribution in [-0.4, -0.2) is 17.7 Å². The molecule has 1 heterocycles. The first-order valence-electron chi connectivity index (χ1n) is 5.96. The molecule has 0 saturated carbocycles. The first-order chi connectivity index (χ1) is 9.17. The molecule has 0 aliphatic heterocycles. The maximum Gasteiger partial charge on any atom is 0.360 e. The van der Waals surface area contributed by atoms with E-state index in [0.29, 0.717) is 23.3 Å². The Morgan fingerprint density at radius 1 is 1.37 bits per heavy atom. The van der Waals surface area contributed by atoms with Gasteiger partial charge in [0.1, 0.15) is 0 Å². The Morgan fingerprint density at radius 3 is 2.63 bits per heavy atom. The molecule has 0 atom stereocenters. The van der Waals surface area contributed by atoms with Gasteiger partial charge in [-0.25, -0.2) is 4.79 Å². The van der Waals surface area contributed by atoms with Crippen LogP contribution in [0.15, 0.2) is 28.8 Å². The van der Waals surface area contributed by atoms with Crippen LogP contribution in [0.2, 0.25) is 0 Å². The van der Waals surface area contributed by atoms with E-state index in [1.165, 1.54) is 0 Å². The Bertz CT molecular complexity index is 575. The zero-order valence-electron chi connectivity index (χ0n) is 10.8. The first-order valence-corrected chi connectivity index (χ1v) is 7.08. The third kappa shape index (κ3) is 2.87. The maximum atomic E-state index is 11.8. The number of hydrogen-bond donors (Lipinski definition) is 0. The smallest absolute Gasteiger partial charge is 0.360 e. The SMILES string of the molecule is CCOC(=O)c1noc(-c2ccc(C)cc2)c1CBr. The van der Waals surface area contributed by atoms with E-state index in [1.807, 2.05) is 31.2 Å². The molecule has 2 aromatic rings. The molecule has 5 heteroatoms. The van der Waals surface area contributed by atoms with Gasteiger partial charge in [-0.15, -0.1) is 0 Å². The molecule has 0 spiro atoms. The largest absolute Gasteiger partial charge is 0.461 e. The van der Waals surface area contributed by atoms with Gasteiger partial charge in [0.05, 0.1) is 6.61 Å². The van der Waals surface area contributed by atoms with Gasteiger partial charge in [-0.1, -0.05) is 50.9 Å². The van der Waals surface area contributed by atoms with E-state index in [0.717, 1.165) is 11.1 Å². The Labute approximate surface area is 119 Å². The van der Waals surface area contributed by atoms with Gasteiger partial charge in [0.15, 0.2) is 11.5 Å². The number of alkyl halides is 1. The number of benzene rings is 1. The van der Waals surface area contributed by atoms with E-state index in [2.05, 4.69) is 21.1 Å². The van der Waals surface area contributed by atoms with Crippen LogP contribution in [0.1, 0.15) is 28.5 Å². The van der Waals surface area contributed by atoms with E-state index in [4.69, 9.17) is 9.26 Å². The zero-order valence-corrected chi connectivity index (χ0v) is 12.4. The first kappa shape index (κ1) is 13.8. The minimum absolute atomic E-state index is 0.231. The Hall–Kier alpha value is -1.62. The molecule has 0 N–H and O–H groups in total. The fourth-order valence-corrected chi connectivity index (χ4v) is 2.24. The summed E-state index contributed by atoms with van der Waals surface area (Å²) in [6.07, 6.45) is 0. The lowest BCUT2D eigenvalue weighted by atomic mass is 10.1. The number of nitrogens with zero attached hydrogens (tertiary/aromatic N) is 1. The van der Waals surface area contributed by atoms with Crippen molar-refractivity contribution in [2.45, 2.75) is 19.2 Å². The number of aryl methyl sites for hydroxylation is 1. The third-order valence-electron chi connectivity index (χ3n) is 2.70. The molecule has 19 heavy (non-hydrogen) atoms. The Morgan fingerprint density at radius 2 is 2.05 bits per heavy atom. The van der Waals surface area contributed by atoms with Crippen LogP contribution in [0.3, 0.4) is 0 Å². The van der Waals surface area contributed by atoms with Gasteiger partial charge in [0.2, 0.25) is 0 Å². The molecule has 0 amide bonds. The van der Waals surface area contributed by atoms with Crippen molar-refractivity contribution in [3.05, 3.63) is 41.1 Å². The van der Waals surface area contributed by atoms with E-state index < -0.39 is 5.97 Å². The summed E-state index contributed by atoms with van der Waals surface area (Å²) >= 11 is 3.36. The van der Waals surface area contributed by atoms with Crippen LogP contribution in [0, 0.1) is 6.92 Å². The second-order valence-corrected chi connectivity index (χ2v) is 4.62. The van der Waals surface area contributed by atoms with Gasteiger partial charge in [-0.05, 0) is 13.8 Å². The number of ether oxygens (including phenoxy) is 1. The second-order valence-electron chi connectivity index (χ2n) is 4.06. The highest BCUT2D eigenvalue weighted by molar-refractivity contribution is 9.08. The molecule has 0 aliphatic carbocycles. The van der Waals surface area contributed by atoms with Gasteiger partial charge >= 0.3 is 5.97 Å². The third-order valence-corrected chi connectivity index (χ3v) is 3.27. The van der Waals surface area contributed by atoms with Gasteiger partial charge in [-0.3, -0.25) is 0 Å². The van der Waals surface area contributed by atoms with Crippen molar-refractivity contribution in [1.82, 2.24) is 5.16 Å². The normalized spacial score (nSPS) is 10.5. The minimum atomic E-state index is -0.459. The summed E-state index contributed by atoms with van der Waals surface area (Å²) in [6, 6.07) is 7.85. The van der Waals surface area contributed by atoms with Gasteiger partial charge < -0.3 is 9.26 Å². The monoisotopic (exact) mass is 323 g/mol. The number of carbonyl (C=O) groups is 1. The summed E-state index contributed by atoms with van der Waals surface area (Å²) in [6.45, 7) is 4.08. The molecule has 2 rings (SSSR count). The topological polar surface area (TPSA) is 52.3 Å². The van der Waals surface area contributed by atoms with Crippen molar-refractivity contribution >= 4 is 21.9 Å². The summed E-state index contributed by atoms with van der Waals surface area (Å²) in [5.41, 5.74) is 2.99. The Kier molecular flexibility index (Phi) is 4.37. The number of aromatic nitrogens is 1. The Balaban J connectivity index is 2.42. The highest BCUT2D eigenvalue weighted by Gasteiger charge is 2.22. The molecule has 0 aliphatic rings. The zero-order chi connectivity index (χ0) is 13.8. The minimum Gasteiger partial charge on any atom is -0.461 e. The summed E-state index contributed by atoms with van der Waals surface area (Å²) in [5.74, 6) is 0.138. The number of carbonyl (C=O) groups excluding carboxylic acids is 1.